The first-order chi connectivity index (χ1) is 15.0. The number of hydrogen-bond acceptors (Lipinski definition) is 9. The second-order valence-corrected chi connectivity index (χ2v) is 7.41. The Bertz CT molecular complexity index is 995. The summed E-state index contributed by atoms with van der Waals surface area (Å²) in [6.45, 7) is 3.92. The molecule has 9 heteroatoms. The van der Waals surface area contributed by atoms with E-state index in [-0.39, 0.29) is 12.2 Å². The van der Waals surface area contributed by atoms with E-state index in [1.54, 1.807) is 18.2 Å². The molecule has 1 fully saturated rings. The highest BCUT2D eigenvalue weighted by Gasteiger charge is 2.28. The van der Waals surface area contributed by atoms with Crippen molar-refractivity contribution in [1.29, 1.82) is 0 Å². The summed E-state index contributed by atoms with van der Waals surface area (Å²) in [5.74, 6) is -0.191. The number of rotatable bonds is 6. The number of carbonyl (C=O) groups excluding carboxylic acids is 1. The van der Waals surface area contributed by atoms with Crippen LogP contribution in [0.4, 0.5) is 0 Å². The number of methoxy groups -OCH3 is 1. The van der Waals surface area contributed by atoms with Gasteiger partial charge in [0.05, 0.1) is 39.2 Å². The fraction of sp³-hybridized carbons (Fsp3) is 0.455. The molecular weight excluding hydrogens is 406 g/mol. The molecule has 1 atom stereocenters. The molecule has 0 spiro atoms. The van der Waals surface area contributed by atoms with Crippen molar-refractivity contribution in [3.63, 3.8) is 0 Å². The van der Waals surface area contributed by atoms with Crippen LogP contribution >= 0.6 is 0 Å². The van der Waals surface area contributed by atoms with Crippen LogP contribution in [0.3, 0.4) is 0 Å². The summed E-state index contributed by atoms with van der Waals surface area (Å²) in [6.07, 6.45) is -0.117. The monoisotopic (exact) mass is 431 g/mol. The highest BCUT2D eigenvalue weighted by atomic mass is 16.6. The number of ether oxygens (including phenoxy) is 4. The summed E-state index contributed by atoms with van der Waals surface area (Å²) in [5, 5.41) is 10.5. The predicted molar refractivity (Wildman–Crippen MR) is 109 cm³/mol. The average molecular weight is 431 g/mol. The van der Waals surface area contributed by atoms with Gasteiger partial charge in [-0.05, 0) is 17.7 Å². The second kappa shape index (κ2) is 9.40. The van der Waals surface area contributed by atoms with Gasteiger partial charge in [-0.1, -0.05) is 6.07 Å². The van der Waals surface area contributed by atoms with E-state index in [0.29, 0.717) is 68.9 Å². The molecule has 0 unspecified atom stereocenters. The summed E-state index contributed by atoms with van der Waals surface area (Å²) in [5.41, 5.74) is 0.0774. The van der Waals surface area contributed by atoms with Crippen LogP contribution in [-0.4, -0.2) is 62.6 Å². The van der Waals surface area contributed by atoms with Gasteiger partial charge in [0.25, 0.3) is 0 Å². The second-order valence-electron chi connectivity index (χ2n) is 7.41. The Morgan fingerprint density at radius 1 is 1.13 bits per heavy atom. The minimum absolute atomic E-state index is 0.0258. The van der Waals surface area contributed by atoms with E-state index in [1.165, 1.54) is 13.2 Å². The first kappa shape index (κ1) is 21.2. The van der Waals surface area contributed by atoms with Gasteiger partial charge in [-0.3, -0.25) is 14.5 Å². The summed E-state index contributed by atoms with van der Waals surface area (Å²) < 4.78 is 27.4. The third-order valence-corrected chi connectivity index (χ3v) is 5.37. The third kappa shape index (κ3) is 4.83. The Morgan fingerprint density at radius 2 is 1.87 bits per heavy atom. The van der Waals surface area contributed by atoms with Crippen LogP contribution in [-0.2, 0) is 20.8 Å². The molecule has 2 aromatic rings. The van der Waals surface area contributed by atoms with Gasteiger partial charge in [-0.2, -0.15) is 0 Å². The SMILES string of the molecule is COC(=O)C[C@@H](c1ccc2c(c1)OCCO2)c1oc(CN2CCOCC2)cc(=O)c1O. The smallest absolute Gasteiger partial charge is 0.306 e. The van der Waals surface area contributed by atoms with E-state index in [4.69, 9.17) is 23.4 Å². The Hall–Kier alpha value is -3.04. The Balaban J connectivity index is 1.72. The molecule has 0 aliphatic carbocycles. The zero-order chi connectivity index (χ0) is 21.8. The molecule has 2 aliphatic heterocycles. The molecule has 1 aromatic heterocycles. The number of fused-ring (bicyclic) bond motifs is 1. The summed E-state index contributed by atoms with van der Waals surface area (Å²) in [6, 6.07) is 6.51. The summed E-state index contributed by atoms with van der Waals surface area (Å²) in [7, 11) is 1.29. The van der Waals surface area contributed by atoms with Gasteiger partial charge < -0.3 is 28.5 Å². The highest BCUT2D eigenvalue weighted by Crippen LogP contribution is 2.38. The average Bonchev–Trinajstić information content (AvgIpc) is 2.80. The lowest BCUT2D eigenvalue weighted by molar-refractivity contribution is -0.140. The fourth-order valence-electron chi connectivity index (χ4n) is 3.74. The number of carbonyl (C=O) groups is 1. The Labute approximate surface area is 179 Å². The van der Waals surface area contributed by atoms with Gasteiger partial charge in [0.1, 0.15) is 19.0 Å². The molecule has 1 saturated heterocycles. The van der Waals surface area contributed by atoms with E-state index >= 15 is 0 Å². The molecule has 1 N–H and O–H groups in total. The predicted octanol–water partition coefficient (Wildman–Crippen LogP) is 1.64. The van der Waals surface area contributed by atoms with Crippen LogP contribution in [0.25, 0.3) is 0 Å². The van der Waals surface area contributed by atoms with Crippen molar-refractivity contribution in [3.8, 4) is 17.2 Å². The first-order valence-corrected chi connectivity index (χ1v) is 10.2. The van der Waals surface area contributed by atoms with Gasteiger partial charge in [0.15, 0.2) is 17.3 Å². The molecular formula is C22H25NO8. The molecule has 1 aromatic carbocycles. The van der Waals surface area contributed by atoms with E-state index in [2.05, 4.69) is 4.90 Å². The molecule has 31 heavy (non-hydrogen) atoms. The normalized spacial score (nSPS) is 17.2. The number of hydrogen-bond donors (Lipinski definition) is 1. The molecule has 166 valence electrons. The maximum atomic E-state index is 12.5. The molecule has 0 bridgehead atoms. The fourth-order valence-corrected chi connectivity index (χ4v) is 3.74. The van der Waals surface area contributed by atoms with Gasteiger partial charge in [0.2, 0.25) is 11.2 Å². The maximum Gasteiger partial charge on any atom is 0.306 e. The molecule has 0 radical (unpaired) electrons. The van der Waals surface area contributed by atoms with Crippen molar-refractivity contribution in [2.75, 3.05) is 46.6 Å². The van der Waals surface area contributed by atoms with Crippen LogP contribution in [0.15, 0.2) is 33.5 Å². The van der Waals surface area contributed by atoms with E-state index < -0.39 is 23.1 Å². The lowest BCUT2D eigenvalue weighted by Gasteiger charge is -2.26. The maximum absolute atomic E-state index is 12.5. The van der Waals surface area contributed by atoms with Gasteiger partial charge in [-0.15, -0.1) is 0 Å². The zero-order valence-corrected chi connectivity index (χ0v) is 17.3. The summed E-state index contributed by atoms with van der Waals surface area (Å²) in [4.78, 5) is 26.8. The van der Waals surface area contributed by atoms with E-state index in [1.807, 2.05) is 0 Å². The molecule has 3 heterocycles. The number of nitrogens with zero attached hydrogens (tertiary/aromatic N) is 1. The van der Waals surface area contributed by atoms with E-state index in [0.717, 1.165) is 0 Å². The molecule has 9 nitrogen and oxygen atoms in total. The van der Waals surface area contributed by atoms with E-state index in [9.17, 15) is 14.7 Å². The Morgan fingerprint density at radius 3 is 2.61 bits per heavy atom. The van der Waals surface area contributed by atoms with Crippen LogP contribution in [0.1, 0.15) is 29.4 Å². The number of benzene rings is 1. The van der Waals surface area contributed by atoms with Crippen molar-refractivity contribution in [1.82, 2.24) is 4.90 Å². The topological polar surface area (TPSA) is 108 Å². The van der Waals surface area contributed by atoms with Gasteiger partial charge >= 0.3 is 5.97 Å². The van der Waals surface area contributed by atoms with Gasteiger partial charge in [-0.25, -0.2) is 0 Å². The molecule has 0 saturated carbocycles. The minimum atomic E-state index is -0.736. The van der Waals surface area contributed by atoms with Crippen molar-refractivity contribution in [3.05, 3.63) is 51.6 Å². The van der Waals surface area contributed by atoms with Crippen LogP contribution in [0, 0.1) is 0 Å². The van der Waals surface area contributed by atoms with Crippen molar-refractivity contribution in [2.45, 2.75) is 18.9 Å². The standard InChI is InChI=1S/C22H25NO8/c1-27-20(25)12-16(14-2-3-18-19(10-14)30-9-8-29-18)22-21(26)17(24)11-15(31-22)13-23-4-6-28-7-5-23/h2-3,10-11,16,26H,4-9,12-13H2,1H3/t16-/m0/s1. The summed E-state index contributed by atoms with van der Waals surface area (Å²) >= 11 is 0. The molecule has 2 aliphatic rings. The quantitative estimate of drug-likeness (QED) is 0.683. The van der Waals surface area contributed by atoms with Crippen LogP contribution in [0.5, 0.6) is 17.2 Å². The van der Waals surface area contributed by atoms with Gasteiger partial charge in [0, 0.05) is 19.2 Å². The third-order valence-electron chi connectivity index (χ3n) is 5.37. The zero-order valence-electron chi connectivity index (χ0n) is 17.3. The lowest BCUT2D eigenvalue weighted by Crippen LogP contribution is -2.35. The highest BCUT2D eigenvalue weighted by molar-refractivity contribution is 5.71. The number of morpholine rings is 1. The van der Waals surface area contributed by atoms with Crippen LogP contribution < -0.4 is 14.9 Å². The number of aromatic hydroxyl groups is 1. The largest absolute Gasteiger partial charge is 0.502 e. The van der Waals surface area contributed by atoms with Crippen LogP contribution in [0.2, 0.25) is 0 Å². The van der Waals surface area contributed by atoms with Crippen molar-refractivity contribution < 1.29 is 33.3 Å². The number of esters is 1. The molecule has 4 rings (SSSR count). The Kier molecular flexibility index (Phi) is 6.43. The minimum Gasteiger partial charge on any atom is -0.502 e. The lowest BCUT2D eigenvalue weighted by atomic mass is 9.91. The first-order valence-electron chi connectivity index (χ1n) is 10.2. The van der Waals surface area contributed by atoms with Crippen molar-refractivity contribution >= 4 is 5.97 Å². The van der Waals surface area contributed by atoms with Crippen molar-refractivity contribution in [2.24, 2.45) is 0 Å². The molecule has 0 amide bonds.